The van der Waals surface area contributed by atoms with E-state index in [-0.39, 0.29) is 5.78 Å². The van der Waals surface area contributed by atoms with Gasteiger partial charge in [-0.2, -0.15) is 0 Å². The van der Waals surface area contributed by atoms with Crippen LogP contribution < -0.4 is 10.1 Å². The Labute approximate surface area is 204 Å². The van der Waals surface area contributed by atoms with E-state index in [2.05, 4.69) is 15.5 Å². The highest BCUT2D eigenvalue weighted by Gasteiger charge is 2.30. The van der Waals surface area contributed by atoms with Crippen molar-refractivity contribution < 1.29 is 9.53 Å². The highest BCUT2D eigenvalue weighted by Crippen LogP contribution is 2.35. The second-order valence-corrected chi connectivity index (χ2v) is 9.40. The molecular formula is C26H28ClN5O2. The largest absolute Gasteiger partial charge is 0.497 e. The second-order valence-electron chi connectivity index (χ2n) is 8.96. The van der Waals surface area contributed by atoms with Crippen LogP contribution in [0.3, 0.4) is 0 Å². The van der Waals surface area contributed by atoms with Gasteiger partial charge in [0, 0.05) is 29.0 Å². The summed E-state index contributed by atoms with van der Waals surface area (Å²) in [5, 5.41) is 12.8. The first-order valence-electron chi connectivity index (χ1n) is 11.7. The first-order valence-corrected chi connectivity index (χ1v) is 12.1. The number of hydrogen-bond acceptors (Lipinski definition) is 6. The van der Waals surface area contributed by atoms with E-state index in [0.29, 0.717) is 29.6 Å². The van der Waals surface area contributed by atoms with Crippen molar-refractivity contribution in [2.75, 3.05) is 20.2 Å². The lowest BCUT2D eigenvalue weighted by Gasteiger charge is -2.22. The Kier molecular flexibility index (Phi) is 6.48. The van der Waals surface area contributed by atoms with Gasteiger partial charge >= 0.3 is 0 Å². The van der Waals surface area contributed by atoms with Crippen molar-refractivity contribution in [2.45, 2.75) is 38.6 Å². The molecule has 3 heterocycles. The monoisotopic (exact) mass is 477 g/mol. The van der Waals surface area contributed by atoms with Gasteiger partial charge in [-0.05, 0) is 69.1 Å². The Balaban J connectivity index is 1.59. The number of methoxy groups -OCH3 is 1. The molecule has 1 saturated heterocycles. The number of fused-ring (bicyclic) bond motifs is 3. The number of rotatable bonds is 6. The number of hydrogen-bond donors (Lipinski definition) is 1. The minimum Gasteiger partial charge on any atom is -0.497 e. The molecule has 1 N–H and O–H groups in total. The summed E-state index contributed by atoms with van der Waals surface area (Å²) in [7, 11) is 1.65. The predicted molar refractivity (Wildman–Crippen MR) is 132 cm³/mol. The Bertz CT molecular complexity index is 1230. The minimum absolute atomic E-state index is 0.215. The topological polar surface area (TPSA) is 81.4 Å². The number of aliphatic imine (C=N–C) groups is 1. The van der Waals surface area contributed by atoms with Crippen molar-refractivity contribution in [3.8, 4) is 11.4 Å². The standard InChI is InChI=1S/C26H28ClN5O2/c1-16-30-31-26-23(14-20(33)13-17-9-11-28-12-10-17)29-25(18-3-5-19(27)6-4-18)22-15-21(34-2)7-8-24(22)32(16)26/h3-8,15,17,23,28H,9-14H2,1-2H3. The molecule has 1 unspecified atom stereocenters. The lowest BCUT2D eigenvalue weighted by molar-refractivity contribution is -0.120. The van der Waals surface area contributed by atoms with Gasteiger partial charge in [-0.25, -0.2) is 0 Å². The fraction of sp³-hybridized carbons (Fsp3) is 0.385. The van der Waals surface area contributed by atoms with Crippen molar-refractivity contribution in [2.24, 2.45) is 10.9 Å². The van der Waals surface area contributed by atoms with Gasteiger partial charge in [0.25, 0.3) is 0 Å². The van der Waals surface area contributed by atoms with Crippen LogP contribution in [-0.2, 0) is 4.79 Å². The van der Waals surface area contributed by atoms with Crippen molar-refractivity contribution >= 4 is 23.1 Å². The molecule has 1 aromatic heterocycles. The van der Waals surface area contributed by atoms with Crippen LogP contribution in [0.4, 0.5) is 0 Å². The van der Waals surface area contributed by atoms with Gasteiger partial charge in [0.1, 0.15) is 23.4 Å². The molecule has 5 rings (SSSR count). The van der Waals surface area contributed by atoms with E-state index in [1.54, 1.807) is 7.11 Å². The SMILES string of the molecule is COc1ccc2c(c1)C(c1ccc(Cl)cc1)=NC(CC(=O)CC1CCNCC1)c1nnc(C)n1-2. The zero-order valence-electron chi connectivity index (χ0n) is 19.4. The van der Waals surface area contributed by atoms with Crippen molar-refractivity contribution in [1.82, 2.24) is 20.1 Å². The zero-order chi connectivity index (χ0) is 23.7. The van der Waals surface area contributed by atoms with Crippen molar-refractivity contribution in [1.29, 1.82) is 0 Å². The van der Waals surface area contributed by atoms with Crippen LogP contribution in [0.1, 0.15) is 54.5 Å². The number of aromatic nitrogens is 3. The summed E-state index contributed by atoms with van der Waals surface area (Å²) >= 11 is 6.17. The Hall–Kier alpha value is -3.03. The summed E-state index contributed by atoms with van der Waals surface area (Å²) < 4.78 is 7.54. The number of carbonyl (C=O) groups is 1. The zero-order valence-corrected chi connectivity index (χ0v) is 20.2. The number of Topliss-reactive ketones (excluding diaryl/α,β-unsaturated/α-hetero) is 1. The molecular weight excluding hydrogens is 450 g/mol. The fourth-order valence-electron chi connectivity index (χ4n) is 4.88. The van der Waals surface area contributed by atoms with Crippen LogP contribution in [-0.4, -0.2) is 46.5 Å². The molecule has 34 heavy (non-hydrogen) atoms. The maximum Gasteiger partial charge on any atom is 0.162 e. The Morgan fingerprint density at radius 1 is 1.12 bits per heavy atom. The third-order valence-corrected chi connectivity index (χ3v) is 6.90. The summed E-state index contributed by atoms with van der Waals surface area (Å²) in [5.74, 6) is 2.82. The molecule has 2 aliphatic rings. The van der Waals surface area contributed by atoms with E-state index in [4.69, 9.17) is 21.3 Å². The normalized spacial score (nSPS) is 18.0. The number of halogens is 1. The van der Waals surface area contributed by atoms with Crippen molar-refractivity contribution in [3.05, 3.63) is 70.3 Å². The fourth-order valence-corrected chi connectivity index (χ4v) is 5.01. The molecule has 1 atom stereocenters. The number of ketones is 1. The molecule has 0 spiro atoms. The molecule has 1 fully saturated rings. The summed E-state index contributed by atoms with van der Waals surface area (Å²) in [5.41, 5.74) is 3.53. The lowest BCUT2D eigenvalue weighted by atomic mass is 9.91. The molecule has 176 valence electrons. The average Bonchev–Trinajstić information content (AvgIpc) is 3.17. The summed E-state index contributed by atoms with van der Waals surface area (Å²) in [6, 6.07) is 13.1. The van der Waals surface area contributed by atoms with Crippen molar-refractivity contribution in [3.63, 3.8) is 0 Å². The van der Waals surface area contributed by atoms with Gasteiger partial charge in [0.15, 0.2) is 5.82 Å². The number of piperidine rings is 1. The van der Waals surface area contributed by atoms with Gasteiger partial charge in [0.2, 0.25) is 0 Å². The number of nitrogens with zero attached hydrogens (tertiary/aromatic N) is 4. The molecule has 2 aromatic carbocycles. The molecule has 0 bridgehead atoms. The molecule has 8 heteroatoms. The summed E-state index contributed by atoms with van der Waals surface area (Å²) in [4.78, 5) is 18.3. The van der Waals surface area contributed by atoms with E-state index in [0.717, 1.165) is 60.0 Å². The van der Waals surface area contributed by atoms with Crippen LogP contribution >= 0.6 is 11.6 Å². The van der Waals surface area contributed by atoms with Crippen LogP contribution in [0, 0.1) is 12.8 Å². The van der Waals surface area contributed by atoms with Crippen LogP contribution in [0.25, 0.3) is 5.69 Å². The van der Waals surface area contributed by atoms with Crippen LogP contribution in [0.15, 0.2) is 47.5 Å². The maximum atomic E-state index is 13.2. The van der Waals surface area contributed by atoms with E-state index in [1.165, 1.54) is 0 Å². The highest BCUT2D eigenvalue weighted by molar-refractivity contribution is 6.30. The quantitative estimate of drug-likeness (QED) is 0.566. The smallest absolute Gasteiger partial charge is 0.162 e. The first-order chi connectivity index (χ1) is 16.5. The number of aryl methyl sites for hydroxylation is 1. The van der Waals surface area contributed by atoms with Gasteiger partial charge in [-0.3, -0.25) is 14.4 Å². The molecule has 0 aliphatic carbocycles. The number of ether oxygens (including phenoxy) is 1. The van der Waals surface area contributed by atoms with E-state index in [1.807, 2.05) is 54.0 Å². The maximum absolute atomic E-state index is 13.2. The number of nitrogens with one attached hydrogen (secondary N) is 1. The molecule has 2 aliphatic heterocycles. The summed E-state index contributed by atoms with van der Waals surface area (Å²) in [6.07, 6.45) is 2.95. The summed E-state index contributed by atoms with van der Waals surface area (Å²) in [6.45, 7) is 3.88. The molecule has 7 nitrogen and oxygen atoms in total. The second kappa shape index (κ2) is 9.68. The molecule has 3 aromatic rings. The van der Waals surface area contributed by atoms with Gasteiger partial charge in [-0.15, -0.1) is 10.2 Å². The first kappa shape index (κ1) is 22.7. The van der Waals surface area contributed by atoms with Gasteiger partial charge in [0.05, 0.1) is 18.5 Å². The minimum atomic E-state index is -0.431. The molecule has 0 saturated carbocycles. The Morgan fingerprint density at radius 3 is 2.62 bits per heavy atom. The number of carbonyl (C=O) groups excluding carboxylic acids is 1. The lowest BCUT2D eigenvalue weighted by Crippen LogP contribution is -2.29. The van der Waals surface area contributed by atoms with E-state index < -0.39 is 6.04 Å². The highest BCUT2D eigenvalue weighted by atomic mass is 35.5. The van der Waals surface area contributed by atoms with Crippen LogP contribution in [0.2, 0.25) is 5.02 Å². The molecule has 0 radical (unpaired) electrons. The van der Waals surface area contributed by atoms with E-state index >= 15 is 0 Å². The number of benzene rings is 2. The molecule has 0 amide bonds. The Morgan fingerprint density at radius 2 is 1.88 bits per heavy atom. The van der Waals surface area contributed by atoms with Gasteiger partial charge < -0.3 is 10.1 Å². The predicted octanol–water partition coefficient (Wildman–Crippen LogP) is 4.48. The third kappa shape index (κ3) is 4.50. The van der Waals surface area contributed by atoms with E-state index in [9.17, 15) is 4.79 Å². The van der Waals surface area contributed by atoms with Crippen LogP contribution in [0.5, 0.6) is 5.75 Å². The van der Waals surface area contributed by atoms with Gasteiger partial charge in [-0.1, -0.05) is 23.7 Å². The third-order valence-electron chi connectivity index (χ3n) is 6.65. The average molecular weight is 478 g/mol.